The minimum Gasteiger partial charge on any atom is -0.452 e. The summed E-state index contributed by atoms with van der Waals surface area (Å²) in [7, 11) is -3.39. The van der Waals surface area contributed by atoms with Gasteiger partial charge in [0.05, 0.1) is 20.7 Å². The lowest BCUT2D eigenvalue weighted by atomic mass is 10.1. The van der Waals surface area contributed by atoms with Crippen LogP contribution in [0, 0.1) is 6.92 Å². The number of aromatic nitrogens is 1. The number of fused-ring (bicyclic) bond motifs is 1. The standard InChI is InChI=1S/C18H17NO4S2/c1-11-8-9-13(25(3,21)22)10-14(11)18(20)23-12(2)17-19-15-6-4-5-7-16(15)24-17/h4-10,12H,1-3H3/t12-/m1/s1. The smallest absolute Gasteiger partial charge is 0.339 e. The quantitative estimate of drug-likeness (QED) is 0.646. The topological polar surface area (TPSA) is 73.3 Å². The number of benzene rings is 2. The molecule has 1 heterocycles. The monoisotopic (exact) mass is 375 g/mol. The molecule has 0 amide bonds. The van der Waals surface area contributed by atoms with E-state index in [4.69, 9.17) is 4.74 Å². The Bertz CT molecular complexity index is 1020. The van der Waals surface area contributed by atoms with Gasteiger partial charge in [0, 0.05) is 6.26 Å². The third-order valence-corrected chi connectivity index (χ3v) is 6.11. The molecule has 1 atom stereocenters. The molecule has 130 valence electrons. The van der Waals surface area contributed by atoms with Crippen LogP contribution in [0.3, 0.4) is 0 Å². The summed E-state index contributed by atoms with van der Waals surface area (Å²) in [6.45, 7) is 3.50. The van der Waals surface area contributed by atoms with E-state index in [0.29, 0.717) is 10.6 Å². The minimum atomic E-state index is -3.39. The molecule has 1 aromatic heterocycles. The summed E-state index contributed by atoms with van der Waals surface area (Å²) in [6.07, 6.45) is 0.586. The van der Waals surface area contributed by atoms with Crippen LogP contribution < -0.4 is 0 Å². The maximum Gasteiger partial charge on any atom is 0.339 e. The van der Waals surface area contributed by atoms with E-state index >= 15 is 0 Å². The Kier molecular flexibility index (Phi) is 4.62. The molecule has 0 N–H and O–H groups in total. The van der Waals surface area contributed by atoms with E-state index in [2.05, 4.69) is 4.98 Å². The van der Waals surface area contributed by atoms with Gasteiger partial charge in [-0.05, 0) is 43.7 Å². The van der Waals surface area contributed by atoms with Crippen molar-refractivity contribution in [1.82, 2.24) is 4.98 Å². The second-order valence-corrected chi connectivity index (χ2v) is 8.89. The summed E-state index contributed by atoms with van der Waals surface area (Å²) in [5.74, 6) is -0.560. The number of ether oxygens (including phenoxy) is 1. The van der Waals surface area contributed by atoms with Crippen LogP contribution in [0.2, 0.25) is 0 Å². The first-order chi connectivity index (χ1) is 11.8. The Balaban J connectivity index is 1.86. The summed E-state index contributed by atoms with van der Waals surface area (Å²) in [4.78, 5) is 17.1. The zero-order valence-corrected chi connectivity index (χ0v) is 15.6. The van der Waals surface area contributed by atoms with Crippen molar-refractivity contribution in [3.8, 4) is 0 Å². The van der Waals surface area contributed by atoms with Gasteiger partial charge in [0.2, 0.25) is 0 Å². The molecule has 0 aliphatic carbocycles. The average Bonchev–Trinajstić information content (AvgIpc) is 2.98. The number of sulfone groups is 1. The van der Waals surface area contributed by atoms with Crippen molar-refractivity contribution in [1.29, 1.82) is 0 Å². The predicted molar refractivity (Wildman–Crippen MR) is 97.7 cm³/mol. The van der Waals surface area contributed by atoms with Gasteiger partial charge >= 0.3 is 5.97 Å². The van der Waals surface area contributed by atoms with Crippen LogP contribution in [0.1, 0.15) is 34.0 Å². The molecule has 5 nitrogen and oxygen atoms in total. The molecule has 25 heavy (non-hydrogen) atoms. The molecule has 0 unspecified atom stereocenters. The van der Waals surface area contributed by atoms with E-state index in [-0.39, 0.29) is 10.5 Å². The maximum atomic E-state index is 12.5. The molecule has 3 rings (SSSR count). The Morgan fingerprint density at radius 1 is 1.20 bits per heavy atom. The fourth-order valence-corrected chi connectivity index (χ4v) is 3.99. The molecule has 0 radical (unpaired) electrons. The van der Waals surface area contributed by atoms with Crippen molar-refractivity contribution in [2.45, 2.75) is 24.8 Å². The summed E-state index contributed by atoms with van der Waals surface area (Å²) in [5.41, 5.74) is 1.77. The Morgan fingerprint density at radius 3 is 2.60 bits per heavy atom. The summed E-state index contributed by atoms with van der Waals surface area (Å²) in [6, 6.07) is 12.2. The second-order valence-electron chi connectivity index (χ2n) is 5.82. The molecular weight excluding hydrogens is 358 g/mol. The first-order valence-corrected chi connectivity index (χ1v) is 10.3. The number of thiazole rings is 1. The predicted octanol–water partition coefficient (Wildman–Crippen LogP) is 3.93. The third-order valence-electron chi connectivity index (χ3n) is 3.80. The van der Waals surface area contributed by atoms with Crippen LogP contribution in [-0.4, -0.2) is 25.6 Å². The number of para-hydroxylation sites is 1. The van der Waals surface area contributed by atoms with Gasteiger partial charge in [-0.25, -0.2) is 18.2 Å². The highest BCUT2D eigenvalue weighted by Gasteiger charge is 2.20. The molecular formula is C18H17NO4S2. The number of esters is 1. The molecule has 0 aliphatic heterocycles. The lowest BCUT2D eigenvalue weighted by Crippen LogP contribution is -2.11. The molecule has 2 aromatic carbocycles. The summed E-state index contributed by atoms with van der Waals surface area (Å²) < 4.78 is 29.9. The van der Waals surface area contributed by atoms with Crippen molar-refractivity contribution >= 4 is 37.4 Å². The SMILES string of the molecule is Cc1ccc(S(C)(=O)=O)cc1C(=O)O[C@H](C)c1nc2ccccc2s1. The summed E-state index contributed by atoms with van der Waals surface area (Å²) >= 11 is 1.47. The highest BCUT2D eigenvalue weighted by atomic mass is 32.2. The molecule has 0 saturated heterocycles. The number of carbonyl (C=O) groups excluding carboxylic acids is 1. The molecule has 0 fully saturated rings. The maximum absolute atomic E-state index is 12.5. The van der Waals surface area contributed by atoms with Gasteiger partial charge in [-0.1, -0.05) is 18.2 Å². The first kappa shape index (κ1) is 17.6. The van der Waals surface area contributed by atoms with Gasteiger partial charge in [-0.2, -0.15) is 0 Å². The average molecular weight is 375 g/mol. The molecule has 0 bridgehead atoms. The zero-order valence-electron chi connectivity index (χ0n) is 14.0. The third kappa shape index (κ3) is 3.72. The van der Waals surface area contributed by atoms with E-state index in [1.54, 1.807) is 19.9 Å². The Morgan fingerprint density at radius 2 is 1.92 bits per heavy atom. The number of aryl methyl sites for hydroxylation is 1. The lowest BCUT2D eigenvalue weighted by Gasteiger charge is -2.12. The van der Waals surface area contributed by atoms with Crippen molar-refractivity contribution in [3.05, 3.63) is 58.6 Å². The number of hydrogen-bond donors (Lipinski definition) is 0. The van der Waals surface area contributed by atoms with Gasteiger partial charge in [-0.3, -0.25) is 0 Å². The number of rotatable bonds is 4. The summed E-state index contributed by atoms with van der Waals surface area (Å²) in [5, 5.41) is 0.700. The highest BCUT2D eigenvalue weighted by Crippen LogP contribution is 2.29. The molecule has 7 heteroatoms. The Labute approximate surface area is 150 Å². The zero-order chi connectivity index (χ0) is 18.2. The van der Waals surface area contributed by atoms with Crippen molar-refractivity contribution in [3.63, 3.8) is 0 Å². The number of nitrogens with zero attached hydrogens (tertiary/aromatic N) is 1. The van der Waals surface area contributed by atoms with E-state index in [1.807, 2.05) is 24.3 Å². The van der Waals surface area contributed by atoms with E-state index < -0.39 is 21.9 Å². The van der Waals surface area contributed by atoms with Gasteiger partial charge in [0.25, 0.3) is 0 Å². The number of hydrogen-bond acceptors (Lipinski definition) is 6. The minimum absolute atomic E-state index is 0.0951. The van der Waals surface area contributed by atoms with Crippen LogP contribution in [0.4, 0.5) is 0 Å². The van der Waals surface area contributed by atoms with Crippen LogP contribution in [-0.2, 0) is 14.6 Å². The molecule has 0 saturated carbocycles. The van der Waals surface area contributed by atoms with E-state index in [0.717, 1.165) is 16.5 Å². The normalized spacial score (nSPS) is 12.9. The Hall–Kier alpha value is -2.25. The fourth-order valence-electron chi connectivity index (χ4n) is 2.39. The van der Waals surface area contributed by atoms with Gasteiger partial charge in [0.15, 0.2) is 15.9 Å². The van der Waals surface area contributed by atoms with Gasteiger partial charge in [-0.15, -0.1) is 11.3 Å². The molecule has 3 aromatic rings. The van der Waals surface area contributed by atoms with Crippen LogP contribution in [0.25, 0.3) is 10.2 Å². The largest absolute Gasteiger partial charge is 0.452 e. The highest BCUT2D eigenvalue weighted by molar-refractivity contribution is 7.90. The van der Waals surface area contributed by atoms with Crippen molar-refractivity contribution in [2.24, 2.45) is 0 Å². The second kappa shape index (κ2) is 6.57. The van der Waals surface area contributed by atoms with Crippen molar-refractivity contribution < 1.29 is 17.9 Å². The fraction of sp³-hybridized carbons (Fsp3) is 0.222. The van der Waals surface area contributed by atoms with E-state index in [1.165, 1.54) is 23.5 Å². The van der Waals surface area contributed by atoms with Crippen LogP contribution >= 0.6 is 11.3 Å². The van der Waals surface area contributed by atoms with Gasteiger partial charge < -0.3 is 4.74 Å². The van der Waals surface area contributed by atoms with Crippen molar-refractivity contribution in [2.75, 3.05) is 6.26 Å². The van der Waals surface area contributed by atoms with Gasteiger partial charge in [0.1, 0.15) is 5.01 Å². The molecule has 0 spiro atoms. The van der Waals surface area contributed by atoms with E-state index in [9.17, 15) is 13.2 Å². The van der Waals surface area contributed by atoms with Crippen LogP contribution in [0.15, 0.2) is 47.4 Å². The van der Waals surface area contributed by atoms with Crippen LogP contribution in [0.5, 0.6) is 0 Å². The molecule has 0 aliphatic rings. The first-order valence-electron chi connectivity index (χ1n) is 7.63. The number of carbonyl (C=O) groups is 1. The lowest BCUT2D eigenvalue weighted by molar-refractivity contribution is 0.0336.